The molecule has 0 aromatic carbocycles. The summed E-state index contributed by atoms with van der Waals surface area (Å²) in [6.45, 7) is 3.46. The van der Waals surface area contributed by atoms with Gasteiger partial charge in [-0.25, -0.2) is 12.7 Å². The largest absolute Gasteiger partial charge is 0.317 e. The number of hydrogen-bond donors (Lipinski definition) is 1. The lowest BCUT2D eigenvalue weighted by Crippen LogP contribution is -2.45. The molecule has 1 fully saturated rings. The fraction of sp³-hybridized carbons (Fsp3) is 0.615. The Bertz CT molecular complexity index is 498. The van der Waals surface area contributed by atoms with Gasteiger partial charge in [0.1, 0.15) is 5.25 Å². The van der Waals surface area contributed by atoms with Crippen LogP contribution in [0, 0.1) is 0 Å². The van der Waals surface area contributed by atoms with Crippen molar-refractivity contribution in [2.24, 2.45) is 0 Å². The molecule has 1 saturated heterocycles. The number of pyridine rings is 1. The number of piperidine rings is 1. The Hall–Kier alpha value is -0.980. The van der Waals surface area contributed by atoms with Crippen molar-refractivity contribution in [1.82, 2.24) is 14.6 Å². The van der Waals surface area contributed by atoms with Gasteiger partial charge in [-0.1, -0.05) is 6.07 Å². The van der Waals surface area contributed by atoms with Crippen LogP contribution in [0.15, 0.2) is 24.4 Å². The highest BCUT2D eigenvalue weighted by Crippen LogP contribution is 2.25. The Morgan fingerprint density at radius 2 is 2.05 bits per heavy atom. The van der Waals surface area contributed by atoms with Crippen molar-refractivity contribution in [2.45, 2.75) is 31.1 Å². The lowest BCUT2D eigenvalue weighted by molar-refractivity contribution is 0.294. The van der Waals surface area contributed by atoms with E-state index >= 15 is 0 Å². The standard InChI is InChI=1S/C13H21N3O2S/c1-11(13-5-3-4-8-15-13)19(17,18)16(2)12-6-9-14-10-7-12/h3-5,8,11-12,14H,6-7,9-10H2,1-2H3. The van der Waals surface area contributed by atoms with E-state index in [1.807, 2.05) is 6.07 Å². The summed E-state index contributed by atoms with van der Waals surface area (Å²) in [4.78, 5) is 4.15. The Morgan fingerprint density at radius 3 is 2.63 bits per heavy atom. The van der Waals surface area contributed by atoms with Crippen LogP contribution in [0.4, 0.5) is 0 Å². The van der Waals surface area contributed by atoms with Gasteiger partial charge in [0.15, 0.2) is 0 Å². The fourth-order valence-electron chi connectivity index (χ4n) is 2.40. The van der Waals surface area contributed by atoms with Crippen molar-refractivity contribution < 1.29 is 8.42 Å². The van der Waals surface area contributed by atoms with E-state index in [2.05, 4.69) is 10.3 Å². The zero-order valence-electron chi connectivity index (χ0n) is 11.4. The second kappa shape index (κ2) is 5.98. The van der Waals surface area contributed by atoms with Gasteiger partial charge in [0.25, 0.3) is 0 Å². The second-order valence-corrected chi connectivity index (χ2v) is 7.25. The zero-order valence-corrected chi connectivity index (χ0v) is 12.2. The van der Waals surface area contributed by atoms with E-state index in [0.717, 1.165) is 25.9 Å². The van der Waals surface area contributed by atoms with Gasteiger partial charge < -0.3 is 5.32 Å². The van der Waals surface area contributed by atoms with E-state index < -0.39 is 15.3 Å². The lowest BCUT2D eigenvalue weighted by atomic mass is 10.1. The number of aromatic nitrogens is 1. The first-order valence-corrected chi connectivity index (χ1v) is 8.12. The maximum absolute atomic E-state index is 12.6. The molecule has 5 nitrogen and oxygen atoms in total. The first-order chi connectivity index (χ1) is 9.03. The third-order valence-corrected chi connectivity index (χ3v) is 6.01. The van der Waals surface area contributed by atoms with E-state index in [1.165, 1.54) is 4.31 Å². The van der Waals surface area contributed by atoms with Gasteiger partial charge in [-0.3, -0.25) is 4.98 Å². The van der Waals surface area contributed by atoms with E-state index in [4.69, 9.17) is 0 Å². The van der Waals surface area contributed by atoms with E-state index in [1.54, 1.807) is 32.3 Å². The van der Waals surface area contributed by atoms with Gasteiger partial charge in [-0.2, -0.15) is 0 Å². The predicted octanol–water partition coefficient (Wildman–Crippen LogP) is 1.16. The minimum Gasteiger partial charge on any atom is -0.317 e. The summed E-state index contributed by atoms with van der Waals surface area (Å²) < 4.78 is 26.7. The summed E-state index contributed by atoms with van der Waals surface area (Å²) in [6.07, 6.45) is 3.36. The highest BCUT2D eigenvalue weighted by molar-refractivity contribution is 7.89. The molecule has 6 heteroatoms. The Balaban J connectivity index is 2.17. The Labute approximate surface area is 115 Å². The summed E-state index contributed by atoms with van der Waals surface area (Å²) in [5, 5.41) is 2.64. The summed E-state index contributed by atoms with van der Waals surface area (Å²) in [7, 11) is -1.66. The molecule has 0 spiro atoms. The zero-order chi connectivity index (χ0) is 13.9. The molecule has 1 aromatic heterocycles. The van der Waals surface area contributed by atoms with Crippen molar-refractivity contribution >= 4 is 10.0 Å². The molecular formula is C13H21N3O2S. The normalized spacial score (nSPS) is 19.5. The highest BCUT2D eigenvalue weighted by Gasteiger charge is 2.33. The molecule has 1 aliphatic heterocycles. The molecule has 2 heterocycles. The van der Waals surface area contributed by atoms with Gasteiger partial charge in [-0.05, 0) is 45.0 Å². The number of hydrogen-bond acceptors (Lipinski definition) is 4. The summed E-state index contributed by atoms with van der Waals surface area (Å²) in [5.74, 6) is 0. The van der Waals surface area contributed by atoms with Gasteiger partial charge >= 0.3 is 0 Å². The van der Waals surface area contributed by atoms with Gasteiger partial charge in [-0.15, -0.1) is 0 Å². The maximum Gasteiger partial charge on any atom is 0.222 e. The summed E-state index contributed by atoms with van der Waals surface area (Å²) >= 11 is 0. The van der Waals surface area contributed by atoms with Crippen LogP contribution in [-0.4, -0.2) is 43.9 Å². The summed E-state index contributed by atoms with van der Waals surface area (Å²) in [6, 6.07) is 5.47. The predicted molar refractivity (Wildman–Crippen MR) is 75.2 cm³/mol. The molecular weight excluding hydrogens is 262 g/mol. The van der Waals surface area contributed by atoms with Crippen molar-refractivity contribution in [2.75, 3.05) is 20.1 Å². The van der Waals surface area contributed by atoms with Crippen LogP contribution in [0.25, 0.3) is 0 Å². The molecule has 0 aliphatic carbocycles. The number of rotatable bonds is 4. The average Bonchev–Trinajstić information content (AvgIpc) is 2.47. The number of nitrogens with zero attached hydrogens (tertiary/aromatic N) is 2. The van der Waals surface area contributed by atoms with Gasteiger partial charge in [0, 0.05) is 19.3 Å². The lowest BCUT2D eigenvalue weighted by Gasteiger charge is -2.32. The van der Waals surface area contributed by atoms with Gasteiger partial charge in [0.2, 0.25) is 10.0 Å². The smallest absolute Gasteiger partial charge is 0.222 e. The number of nitrogens with one attached hydrogen (secondary N) is 1. The second-order valence-electron chi connectivity index (χ2n) is 4.94. The molecule has 0 saturated carbocycles. The van der Waals surface area contributed by atoms with Gasteiger partial charge in [0.05, 0.1) is 5.69 Å². The molecule has 1 aromatic rings. The Morgan fingerprint density at radius 1 is 1.37 bits per heavy atom. The molecule has 0 radical (unpaired) electrons. The molecule has 106 valence electrons. The molecule has 1 aliphatic rings. The van der Waals surface area contributed by atoms with Crippen LogP contribution in [-0.2, 0) is 10.0 Å². The quantitative estimate of drug-likeness (QED) is 0.900. The molecule has 2 rings (SSSR count). The highest BCUT2D eigenvalue weighted by atomic mass is 32.2. The van der Waals surface area contributed by atoms with Crippen molar-refractivity contribution in [3.8, 4) is 0 Å². The van der Waals surface area contributed by atoms with Crippen LogP contribution in [0.2, 0.25) is 0 Å². The van der Waals surface area contributed by atoms with Crippen molar-refractivity contribution in [1.29, 1.82) is 0 Å². The molecule has 1 unspecified atom stereocenters. The van der Waals surface area contributed by atoms with Crippen LogP contribution in [0.1, 0.15) is 30.7 Å². The van der Waals surface area contributed by atoms with Crippen molar-refractivity contribution in [3.05, 3.63) is 30.1 Å². The average molecular weight is 283 g/mol. The molecule has 1 atom stereocenters. The van der Waals surface area contributed by atoms with Crippen LogP contribution in [0.5, 0.6) is 0 Å². The minimum atomic E-state index is -3.35. The SMILES string of the molecule is CC(c1ccccn1)S(=O)(=O)N(C)C1CCNCC1. The molecule has 19 heavy (non-hydrogen) atoms. The van der Waals surface area contributed by atoms with E-state index in [-0.39, 0.29) is 6.04 Å². The first-order valence-electron chi connectivity index (χ1n) is 6.62. The molecule has 0 bridgehead atoms. The Kier molecular flexibility index (Phi) is 4.54. The first kappa shape index (κ1) is 14.4. The van der Waals surface area contributed by atoms with E-state index in [0.29, 0.717) is 5.69 Å². The fourth-order valence-corrected chi connectivity index (χ4v) is 3.97. The number of sulfonamides is 1. The van der Waals surface area contributed by atoms with Crippen molar-refractivity contribution in [3.63, 3.8) is 0 Å². The van der Waals surface area contributed by atoms with E-state index in [9.17, 15) is 8.42 Å². The topological polar surface area (TPSA) is 62.3 Å². The van der Waals surface area contributed by atoms with Crippen LogP contribution in [0.3, 0.4) is 0 Å². The third-order valence-electron chi connectivity index (χ3n) is 3.78. The van der Waals surface area contributed by atoms with Crippen LogP contribution < -0.4 is 5.32 Å². The third kappa shape index (κ3) is 3.13. The monoisotopic (exact) mass is 283 g/mol. The maximum atomic E-state index is 12.6. The summed E-state index contributed by atoms with van der Waals surface area (Å²) in [5.41, 5.74) is 0.600. The minimum absolute atomic E-state index is 0.0948. The molecule has 1 N–H and O–H groups in total. The molecule has 0 amide bonds. The van der Waals surface area contributed by atoms with Crippen LogP contribution >= 0.6 is 0 Å².